The normalized spacial score (nSPS) is 14.1. The summed E-state index contributed by atoms with van der Waals surface area (Å²) in [5, 5.41) is 0. The summed E-state index contributed by atoms with van der Waals surface area (Å²) in [6, 6.07) is 14.2. The molecule has 0 aliphatic heterocycles. The van der Waals surface area contributed by atoms with Crippen molar-refractivity contribution in [2.45, 2.75) is 50.8 Å². The number of benzene rings is 1. The number of pyridine rings is 1. The van der Waals surface area contributed by atoms with Gasteiger partial charge < -0.3 is 9.29 Å². The molecule has 1 aromatic heterocycles. The third-order valence-corrected chi connectivity index (χ3v) is 6.38. The van der Waals surface area contributed by atoms with Crippen LogP contribution < -0.4 is 9.46 Å². The van der Waals surface area contributed by atoms with Crippen LogP contribution in [-0.2, 0) is 24.2 Å². The number of methoxy groups -OCH3 is 1. The highest BCUT2D eigenvalue weighted by atomic mass is 79.9. The molecule has 0 radical (unpaired) electrons. The average Bonchev–Trinajstić information content (AvgIpc) is 2.61. The Morgan fingerprint density at radius 1 is 1.19 bits per heavy atom. The van der Waals surface area contributed by atoms with Gasteiger partial charge in [0, 0.05) is 28.3 Å². The van der Waals surface area contributed by atoms with E-state index in [1.807, 2.05) is 51.1 Å². The van der Waals surface area contributed by atoms with Crippen molar-refractivity contribution in [2.24, 2.45) is 0 Å². The van der Waals surface area contributed by atoms with Crippen molar-refractivity contribution >= 4 is 27.3 Å². The van der Waals surface area contributed by atoms with Crippen LogP contribution >= 0.6 is 15.9 Å². The van der Waals surface area contributed by atoms with E-state index in [0.29, 0.717) is 12.3 Å². The van der Waals surface area contributed by atoms with E-state index in [-0.39, 0.29) is 10.8 Å². The Kier molecular flexibility index (Phi) is 7.95. The first-order valence-electron chi connectivity index (χ1n) is 8.71. The average molecular weight is 439 g/mol. The number of hydrogen-bond donors (Lipinski definition) is 1. The van der Waals surface area contributed by atoms with Gasteiger partial charge in [0.1, 0.15) is 4.75 Å². The zero-order chi connectivity index (χ0) is 19.2. The van der Waals surface area contributed by atoms with Crippen LogP contribution in [0.25, 0.3) is 0 Å². The second-order valence-electron chi connectivity index (χ2n) is 7.21. The summed E-state index contributed by atoms with van der Waals surface area (Å²) in [5.41, 5.74) is 2.18. The Bertz CT molecular complexity index is 692. The quantitative estimate of drug-likeness (QED) is 0.618. The number of nitrogens with one attached hydrogen (secondary N) is 1. The summed E-state index contributed by atoms with van der Waals surface area (Å²) in [7, 11) is 1.61. The predicted molar refractivity (Wildman–Crippen MR) is 112 cm³/mol. The zero-order valence-corrected chi connectivity index (χ0v) is 18.2. The molecule has 2 atom stereocenters. The fourth-order valence-electron chi connectivity index (χ4n) is 2.47. The lowest BCUT2D eigenvalue weighted by Gasteiger charge is -2.28. The Morgan fingerprint density at radius 3 is 2.50 bits per heavy atom. The summed E-state index contributed by atoms with van der Waals surface area (Å²) < 4.78 is 21.8. The van der Waals surface area contributed by atoms with E-state index in [4.69, 9.17) is 4.74 Å². The molecular weight excluding hydrogens is 412 g/mol. The van der Waals surface area contributed by atoms with Crippen LogP contribution in [0.3, 0.4) is 0 Å². The minimum Gasteiger partial charge on any atom is -0.598 e. The van der Waals surface area contributed by atoms with E-state index in [1.165, 1.54) is 5.56 Å². The van der Waals surface area contributed by atoms with Crippen LogP contribution in [-0.4, -0.2) is 27.4 Å². The summed E-state index contributed by atoms with van der Waals surface area (Å²) in [6.45, 7) is 5.93. The third kappa shape index (κ3) is 6.58. The van der Waals surface area contributed by atoms with Gasteiger partial charge in [-0.1, -0.05) is 30.3 Å². The molecule has 4 nitrogen and oxygen atoms in total. The lowest BCUT2D eigenvalue weighted by Crippen LogP contribution is -2.45. The zero-order valence-electron chi connectivity index (χ0n) is 15.8. The lowest BCUT2D eigenvalue weighted by molar-refractivity contribution is 0.395. The van der Waals surface area contributed by atoms with Gasteiger partial charge in [-0.25, -0.2) is 4.98 Å². The number of aromatic nitrogens is 1. The number of aryl methyl sites for hydroxylation is 1. The molecule has 0 saturated carbocycles. The standard InChI is InChI=1S/C20H27BrN2O2S/c1-20(2,3)26(24)23-16(11-10-15-8-6-5-7-9-15)14-18-17(21)12-13-19(22-18)25-4/h5-9,12-13,16,23H,10-11,14H2,1-4H3. The largest absolute Gasteiger partial charge is 0.598 e. The molecule has 6 heteroatoms. The summed E-state index contributed by atoms with van der Waals surface area (Å²) in [6.07, 6.45) is 2.46. The Morgan fingerprint density at radius 2 is 1.88 bits per heavy atom. The molecule has 0 fully saturated rings. The number of halogens is 1. The van der Waals surface area contributed by atoms with E-state index < -0.39 is 11.4 Å². The fraction of sp³-hybridized carbons (Fsp3) is 0.450. The van der Waals surface area contributed by atoms with E-state index in [9.17, 15) is 4.55 Å². The smallest absolute Gasteiger partial charge is 0.213 e. The molecule has 1 heterocycles. The maximum absolute atomic E-state index is 12.6. The molecule has 26 heavy (non-hydrogen) atoms. The van der Waals surface area contributed by atoms with E-state index in [0.717, 1.165) is 23.0 Å². The molecule has 2 aromatic rings. The second kappa shape index (κ2) is 9.74. The van der Waals surface area contributed by atoms with Gasteiger partial charge in [0.05, 0.1) is 18.8 Å². The van der Waals surface area contributed by atoms with Gasteiger partial charge in [0.25, 0.3) is 0 Å². The molecule has 1 N–H and O–H groups in total. The molecule has 1 aromatic carbocycles. The first kappa shape index (κ1) is 21.2. The third-order valence-electron chi connectivity index (χ3n) is 4.00. The van der Waals surface area contributed by atoms with Crippen LogP contribution in [0.15, 0.2) is 46.9 Å². The van der Waals surface area contributed by atoms with Crippen molar-refractivity contribution < 1.29 is 9.29 Å². The van der Waals surface area contributed by atoms with Gasteiger partial charge in [-0.05, 0) is 61.2 Å². The molecule has 0 bridgehead atoms. The van der Waals surface area contributed by atoms with Gasteiger partial charge in [-0.15, -0.1) is 4.72 Å². The SMILES string of the molecule is COc1ccc(Br)c(CC(CCc2ccccc2)N[S+]([O-])C(C)(C)C)n1. The highest BCUT2D eigenvalue weighted by molar-refractivity contribution is 9.10. The lowest BCUT2D eigenvalue weighted by atomic mass is 10.0. The van der Waals surface area contributed by atoms with Crippen molar-refractivity contribution in [3.63, 3.8) is 0 Å². The van der Waals surface area contributed by atoms with Crippen molar-refractivity contribution in [1.82, 2.24) is 9.71 Å². The highest BCUT2D eigenvalue weighted by Crippen LogP contribution is 2.22. The summed E-state index contributed by atoms with van der Waals surface area (Å²) >= 11 is 2.43. The molecule has 0 spiro atoms. The first-order valence-corrected chi connectivity index (χ1v) is 10.6. The molecule has 0 aliphatic rings. The predicted octanol–water partition coefficient (Wildman–Crippen LogP) is 4.45. The van der Waals surface area contributed by atoms with Crippen LogP contribution in [0.4, 0.5) is 0 Å². The summed E-state index contributed by atoms with van der Waals surface area (Å²) in [5.74, 6) is 0.585. The second-order valence-corrected chi connectivity index (χ2v) is 10.1. The number of ether oxygens (including phenoxy) is 1. The molecule has 142 valence electrons. The molecule has 0 saturated heterocycles. The van der Waals surface area contributed by atoms with Crippen LogP contribution in [0, 0.1) is 0 Å². The topological polar surface area (TPSA) is 57.2 Å². The highest BCUT2D eigenvalue weighted by Gasteiger charge is 2.29. The number of hydrogen-bond acceptors (Lipinski definition) is 4. The Balaban J connectivity index is 2.14. The Hall–Kier alpha value is -1.08. The van der Waals surface area contributed by atoms with Crippen molar-refractivity contribution in [3.8, 4) is 5.88 Å². The number of rotatable bonds is 8. The van der Waals surface area contributed by atoms with Crippen molar-refractivity contribution in [1.29, 1.82) is 0 Å². The van der Waals surface area contributed by atoms with E-state index >= 15 is 0 Å². The molecular formula is C20H27BrN2O2S. The van der Waals surface area contributed by atoms with E-state index in [2.05, 4.69) is 37.8 Å². The van der Waals surface area contributed by atoms with Gasteiger partial charge in [-0.3, -0.25) is 0 Å². The molecule has 0 aliphatic carbocycles. The Labute approximate surface area is 168 Å². The van der Waals surface area contributed by atoms with Gasteiger partial charge >= 0.3 is 0 Å². The minimum atomic E-state index is -1.14. The number of nitrogens with zero attached hydrogens (tertiary/aromatic N) is 1. The molecule has 2 rings (SSSR count). The molecule has 0 amide bonds. The maximum Gasteiger partial charge on any atom is 0.213 e. The van der Waals surface area contributed by atoms with Gasteiger partial charge in [-0.2, -0.15) is 0 Å². The van der Waals surface area contributed by atoms with Crippen LogP contribution in [0.2, 0.25) is 0 Å². The minimum absolute atomic E-state index is 0.0474. The monoisotopic (exact) mass is 438 g/mol. The maximum atomic E-state index is 12.6. The van der Waals surface area contributed by atoms with E-state index in [1.54, 1.807) is 7.11 Å². The first-order chi connectivity index (χ1) is 12.3. The van der Waals surface area contributed by atoms with Crippen molar-refractivity contribution in [3.05, 3.63) is 58.2 Å². The van der Waals surface area contributed by atoms with Gasteiger partial charge in [0.2, 0.25) is 5.88 Å². The van der Waals surface area contributed by atoms with Crippen molar-refractivity contribution in [2.75, 3.05) is 7.11 Å². The van der Waals surface area contributed by atoms with Gasteiger partial charge in [0.15, 0.2) is 0 Å². The summed E-state index contributed by atoms with van der Waals surface area (Å²) in [4.78, 5) is 4.55. The fourth-order valence-corrected chi connectivity index (χ4v) is 3.71. The van der Waals surface area contributed by atoms with Crippen LogP contribution in [0.1, 0.15) is 38.4 Å². The molecule has 2 unspecified atom stereocenters. The van der Waals surface area contributed by atoms with Crippen LogP contribution in [0.5, 0.6) is 5.88 Å².